The van der Waals surface area contributed by atoms with Crippen LogP contribution in [-0.2, 0) is 4.79 Å². The number of carbonyl (C=O) groups is 1. The fourth-order valence-corrected chi connectivity index (χ4v) is 1.91. The Labute approximate surface area is 121 Å². The number of carbonyl (C=O) groups excluding carboxylic acids is 1. The number of hydrogen-bond acceptors (Lipinski definition) is 2. The van der Waals surface area contributed by atoms with Gasteiger partial charge in [-0.2, -0.15) is 0 Å². The van der Waals surface area contributed by atoms with E-state index in [0.717, 1.165) is 5.56 Å². The molecule has 0 aliphatic carbocycles. The molecule has 0 aliphatic rings. The van der Waals surface area contributed by atoms with Crippen molar-refractivity contribution in [2.75, 3.05) is 17.2 Å². The number of nitrogens with one attached hydrogen (secondary N) is 2. The Hall–Kier alpha value is -2.07. The maximum Gasteiger partial charge on any atom is 0.243 e. The molecule has 0 unspecified atom stereocenters. The maximum absolute atomic E-state index is 13.5. The second kappa shape index (κ2) is 6.39. The lowest BCUT2D eigenvalue weighted by Crippen LogP contribution is -2.22. The number of anilines is 2. The van der Waals surface area contributed by atoms with Crippen molar-refractivity contribution in [2.24, 2.45) is 0 Å². The molecule has 2 aromatic rings. The number of rotatable bonds is 4. The quantitative estimate of drug-likeness (QED) is 0.899. The molecule has 0 atom stereocenters. The number of halogens is 2. The lowest BCUT2D eigenvalue weighted by molar-refractivity contribution is -0.114. The van der Waals surface area contributed by atoms with Gasteiger partial charge in [-0.05, 0) is 42.8 Å². The number of aryl methyl sites for hydroxylation is 1. The van der Waals surface area contributed by atoms with E-state index in [4.69, 9.17) is 11.6 Å². The molecule has 3 nitrogen and oxygen atoms in total. The molecule has 5 heteroatoms. The first-order valence-corrected chi connectivity index (χ1v) is 6.48. The van der Waals surface area contributed by atoms with E-state index in [1.807, 2.05) is 6.92 Å². The van der Waals surface area contributed by atoms with Gasteiger partial charge in [0.15, 0.2) is 0 Å². The van der Waals surface area contributed by atoms with Crippen LogP contribution in [0.1, 0.15) is 5.56 Å². The summed E-state index contributed by atoms with van der Waals surface area (Å²) in [5.74, 6) is -0.653. The summed E-state index contributed by atoms with van der Waals surface area (Å²) >= 11 is 5.82. The number of hydrogen-bond donors (Lipinski definition) is 2. The van der Waals surface area contributed by atoms with Crippen molar-refractivity contribution >= 4 is 28.9 Å². The summed E-state index contributed by atoms with van der Waals surface area (Å²) in [6.07, 6.45) is 0. The van der Waals surface area contributed by atoms with E-state index in [9.17, 15) is 9.18 Å². The zero-order valence-corrected chi connectivity index (χ0v) is 11.7. The highest BCUT2D eigenvalue weighted by molar-refractivity contribution is 6.30. The third-order valence-corrected chi connectivity index (χ3v) is 2.90. The molecule has 0 aromatic heterocycles. The highest BCUT2D eigenvalue weighted by Gasteiger charge is 2.06. The standard InChI is InChI=1S/C15H14ClFN2O/c1-10-5-6-13(17)14(7-10)18-9-15(20)19-12-4-2-3-11(16)8-12/h2-8,18H,9H2,1H3,(H,19,20). The molecular weight excluding hydrogens is 279 g/mol. The van der Waals surface area contributed by atoms with Crippen LogP contribution in [0.4, 0.5) is 15.8 Å². The molecule has 0 saturated carbocycles. The van der Waals surface area contributed by atoms with Gasteiger partial charge in [0.05, 0.1) is 12.2 Å². The van der Waals surface area contributed by atoms with Crippen LogP contribution in [0.2, 0.25) is 5.02 Å². The van der Waals surface area contributed by atoms with Crippen molar-refractivity contribution in [1.29, 1.82) is 0 Å². The van der Waals surface area contributed by atoms with Crippen molar-refractivity contribution in [3.8, 4) is 0 Å². The average Bonchev–Trinajstić information content (AvgIpc) is 2.40. The Morgan fingerprint density at radius 2 is 2.05 bits per heavy atom. The largest absolute Gasteiger partial charge is 0.374 e. The third-order valence-electron chi connectivity index (χ3n) is 2.67. The van der Waals surface area contributed by atoms with Gasteiger partial charge in [-0.15, -0.1) is 0 Å². The summed E-state index contributed by atoms with van der Waals surface area (Å²) < 4.78 is 13.5. The van der Waals surface area contributed by atoms with Gasteiger partial charge in [0.1, 0.15) is 5.82 Å². The Bertz CT molecular complexity index is 631. The van der Waals surface area contributed by atoms with Crippen molar-refractivity contribution in [1.82, 2.24) is 0 Å². The molecule has 104 valence electrons. The monoisotopic (exact) mass is 292 g/mol. The summed E-state index contributed by atoms with van der Waals surface area (Å²) in [5.41, 5.74) is 1.84. The Morgan fingerprint density at radius 1 is 1.25 bits per heavy atom. The van der Waals surface area contributed by atoms with Gasteiger partial charge in [-0.25, -0.2) is 4.39 Å². The third kappa shape index (κ3) is 3.96. The molecule has 0 radical (unpaired) electrons. The fraction of sp³-hybridized carbons (Fsp3) is 0.133. The molecule has 0 bridgehead atoms. The smallest absolute Gasteiger partial charge is 0.243 e. The normalized spacial score (nSPS) is 10.2. The molecular formula is C15H14ClFN2O. The zero-order valence-electron chi connectivity index (χ0n) is 10.9. The van der Waals surface area contributed by atoms with E-state index in [2.05, 4.69) is 10.6 Å². The second-order valence-electron chi connectivity index (χ2n) is 4.40. The van der Waals surface area contributed by atoms with Gasteiger partial charge < -0.3 is 10.6 Å². The van der Waals surface area contributed by atoms with E-state index in [0.29, 0.717) is 16.4 Å². The first-order chi connectivity index (χ1) is 9.54. The first-order valence-electron chi connectivity index (χ1n) is 6.10. The summed E-state index contributed by atoms with van der Waals surface area (Å²) in [6, 6.07) is 11.5. The average molecular weight is 293 g/mol. The van der Waals surface area contributed by atoms with E-state index in [-0.39, 0.29) is 18.3 Å². The first kappa shape index (κ1) is 14.3. The van der Waals surface area contributed by atoms with Crippen molar-refractivity contribution in [3.63, 3.8) is 0 Å². The highest BCUT2D eigenvalue weighted by Crippen LogP contribution is 2.16. The molecule has 2 aromatic carbocycles. The molecule has 0 heterocycles. The minimum atomic E-state index is -0.383. The molecule has 2 rings (SSSR count). The van der Waals surface area contributed by atoms with Crippen molar-refractivity contribution in [2.45, 2.75) is 6.92 Å². The SMILES string of the molecule is Cc1ccc(F)c(NCC(=O)Nc2cccc(Cl)c2)c1. The molecule has 0 fully saturated rings. The second-order valence-corrected chi connectivity index (χ2v) is 4.83. The molecule has 1 amide bonds. The lowest BCUT2D eigenvalue weighted by Gasteiger charge is -2.09. The summed E-state index contributed by atoms with van der Waals surface area (Å²) in [6.45, 7) is 1.84. The summed E-state index contributed by atoms with van der Waals surface area (Å²) in [5, 5.41) is 5.99. The lowest BCUT2D eigenvalue weighted by atomic mass is 10.2. The van der Waals surface area contributed by atoms with Gasteiger partial charge in [-0.3, -0.25) is 4.79 Å². The molecule has 0 saturated heterocycles. The molecule has 2 N–H and O–H groups in total. The van der Waals surface area contributed by atoms with Crippen LogP contribution in [0.3, 0.4) is 0 Å². The topological polar surface area (TPSA) is 41.1 Å². The summed E-state index contributed by atoms with van der Waals surface area (Å²) in [4.78, 5) is 11.8. The van der Waals surface area contributed by atoms with Gasteiger partial charge in [0, 0.05) is 10.7 Å². The van der Waals surface area contributed by atoms with Crippen LogP contribution in [0.15, 0.2) is 42.5 Å². The van der Waals surface area contributed by atoms with Gasteiger partial charge in [-0.1, -0.05) is 23.7 Å². The molecule has 0 aliphatic heterocycles. The minimum Gasteiger partial charge on any atom is -0.374 e. The minimum absolute atomic E-state index is 0.0209. The zero-order chi connectivity index (χ0) is 14.5. The van der Waals surface area contributed by atoms with Gasteiger partial charge in [0.2, 0.25) is 5.91 Å². The van der Waals surface area contributed by atoms with Crippen LogP contribution >= 0.6 is 11.6 Å². The molecule has 0 spiro atoms. The van der Waals surface area contributed by atoms with Crippen LogP contribution in [0, 0.1) is 12.7 Å². The number of benzene rings is 2. The van der Waals surface area contributed by atoms with E-state index < -0.39 is 0 Å². The van der Waals surface area contributed by atoms with E-state index in [1.54, 1.807) is 36.4 Å². The van der Waals surface area contributed by atoms with E-state index in [1.165, 1.54) is 6.07 Å². The van der Waals surface area contributed by atoms with Gasteiger partial charge in [0.25, 0.3) is 0 Å². The van der Waals surface area contributed by atoms with Crippen LogP contribution < -0.4 is 10.6 Å². The Balaban J connectivity index is 1.94. The van der Waals surface area contributed by atoms with Crippen molar-refractivity contribution < 1.29 is 9.18 Å². The predicted molar refractivity (Wildman–Crippen MR) is 79.7 cm³/mol. The van der Waals surface area contributed by atoms with Crippen molar-refractivity contribution in [3.05, 3.63) is 58.9 Å². The maximum atomic E-state index is 13.5. The fourth-order valence-electron chi connectivity index (χ4n) is 1.72. The van der Waals surface area contributed by atoms with Crippen LogP contribution in [0.5, 0.6) is 0 Å². The number of amides is 1. The van der Waals surface area contributed by atoms with Crippen LogP contribution in [-0.4, -0.2) is 12.5 Å². The van der Waals surface area contributed by atoms with E-state index >= 15 is 0 Å². The predicted octanol–water partition coefficient (Wildman–Crippen LogP) is 3.84. The van der Waals surface area contributed by atoms with Gasteiger partial charge >= 0.3 is 0 Å². The Kier molecular flexibility index (Phi) is 4.58. The molecule has 20 heavy (non-hydrogen) atoms. The van der Waals surface area contributed by atoms with Crippen LogP contribution in [0.25, 0.3) is 0 Å². The highest BCUT2D eigenvalue weighted by atomic mass is 35.5. The summed E-state index contributed by atoms with van der Waals surface area (Å²) in [7, 11) is 0. The Morgan fingerprint density at radius 3 is 2.80 bits per heavy atom.